The molecule has 0 aliphatic carbocycles. The van der Waals surface area contributed by atoms with Gasteiger partial charge in [-0.2, -0.15) is 57.1 Å². The Morgan fingerprint density at radius 3 is 1.21 bits per heavy atom. The van der Waals surface area contributed by atoms with E-state index in [-0.39, 0.29) is 48.7 Å². The number of pyridine rings is 1. The third kappa shape index (κ3) is 13.0. The van der Waals surface area contributed by atoms with Crippen LogP contribution in [-0.2, 0) is 43.8 Å². The van der Waals surface area contributed by atoms with Gasteiger partial charge in [0, 0.05) is 73.3 Å². The molecule has 9 nitrogen and oxygen atoms in total. The van der Waals surface area contributed by atoms with Crippen LogP contribution in [0, 0.1) is 17.6 Å². The molecule has 8 atom stereocenters. The van der Waals surface area contributed by atoms with Crippen LogP contribution in [0.4, 0.5) is 65.9 Å². The summed E-state index contributed by atoms with van der Waals surface area (Å²) in [7, 11) is 0. The Morgan fingerprint density at radius 2 is 0.864 bits per heavy atom. The van der Waals surface area contributed by atoms with Crippen LogP contribution in [0.5, 0.6) is 0 Å². The average molecular weight is 1150 g/mol. The van der Waals surface area contributed by atoms with Gasteiger partial charge in [0.15, 0.2) is 0 Å². The Hall–Kier alpha value is -7.60. The number of hydrogen-bond acceptors (Lipinski definition) is 7. The number of rotatable bonds is 10. The highest BCUT2D eigenvalue weighted by atomic mass is 19.4. The number of benzene rings is 4. The van der Waals surface area contributed by atoms with Gasteiger partial charge in [0.05, 0.1) is 46.7 Å². The lowest BCUT2D eigenvalue weighted by Gasteiger charge is -2.32. The molecule has 81 heavy (non-hydrogen) atoms. The molecule has 10 rings (SSSR count). The lowest BCUT2D eigenvalue weighted by molar-refractivity contribution is -0.145. The van der Waals surface area contributed by atoms with Crippen LogP contribution in [0.3, 0.4) is 0 Å². The summed E-state index contributed by atoms with van der Waals surface area (Å²) < 4.78 is 214. The molecule has 24 heteroatoms. The van der Waals surface area contributed by atoms with Gasteiger partial charge in [-0.15, -0.1) is 0 Å². The SMILES string of the molecule is C[C@@H](OC1CN2C(=O)C=C(c3ccc(F)nc3)CC2[C@@H]1c1ccc(F)cc1)c1cc(C(F)(F)F)cc(C(F)(F)F)c1.C[C@@H](OC1CN2C(=O)C=C(c3cncnc3)CC2[C@@H]1c1ccc(F)cc1)c1cc(C(F)(F)F)cc(C(F)(F)F)c1. The van der Waals surface area contributed by atoms with E-state index in [4.69, 9.17) is 9.47 Å². The fraction of sp³-hybridized carbons (Fsp3) is 0.316. The molecule has 426 valence electrons. The van der Waals surface area contributed by atoms with Gasteiger partial charge in [0.2, 0.25) is 17.8 Å². The molecule has 0 bridgehead atoms. The monoisotopic (exact) mass is 1150 g/mol. The van der Waals surface area contributed by atoms with Crippen LogP contribution in [0.15, 0.2) is 134 Å². The Labute approximate surface area is 451 Å². The Morgan fingerprint density at radius 1 is 0.494 bits per heavy atom. The second-order valence-corrected chi connectivity index (χ2v) is 19.8. The van der Waals surface area contributed by atoms with Crippen molar-refractivity contribution >= 4 is 23.0 Å². The minimum absolute atomic E-state index is 0.00752. The van der Waals surface area contributed by atoms with Crippen LogP contribution in [0.1, 0.15) is 106 Å². The van der Waals surface area contributed by atoms with E-state index in [0.717, 1.165) is 6.07 Å². The van der Waals surface area contributed by atoms with E-state index in [9.17, 15) is 75.4 Å². The van der Waals surface area contributed by atoms with E-state index in [1.165, 1.54) is 98.0 Å². The van der Waals surface area contributed by atoms with Crippen molar-refractivity contribution in [2.45, 2.75) is 99.7 Å². The maximum atomic E-state index is 13.8. The van der Waals surface area contributed by atoms with E-state index in [0.29, 0.717) is 64.1 Å². The van der Waals surface area contributed by atoms with Gasteiger partial charge in [-0.05, 0) is 138 Å². The zero-order valence-corrected chi connectivity index (χ0v) is 42.2. The van der Waals surface area contributed by atoms with Gasteiger partial charge >= 0.3 is 24.7 Å². The van der Waals surface area contributed by atoms with E-state index >= 15 is 0 Å². The summed E-state index contributed by atoms with van der Waals surface area (Å²) in [6.45, 7) is 2.73. The van der Waals surface area contributed by atoms with Crippen molar-refractivity contribution in [3.05, 3.63) is 207 Å². The van der Waals surface area contributed by atoms with Gasteiger partial charge in [0.1, 0.15) is 18.0 Å². The first-order valence-corrected chi connectivity index (χ1v) is 24.8. The number of carbonyl (C=O) groups is 2. The summed E-state index contributed by atoms with van der Waals surface area (Å²) in [5, 5.41) is 0. The van der Waals surface area contributed by atoms with Crippen molar-refractivity contribution in [2.24, 2.45) is 0 Å². The predicted molar refractivity (Wildman–Crippen MR) is 260 cm³/mol. The van der Waals surface area contributed by atoms with Crippen molar-refractivity contribution in [2.75, 3.05) is 13.1 Å². The van der Waals surface area contributed by atoms with E-state index in [1.807, 2.05) is 0 Å². The average Bonchev–Trinajstić information content (AvgIpc) is 4.04. The third-order valence-electron chi connectivity index (χ3n) is 14.7. The Bertz CT molecular complexity index is 3270. The molecule has 4 aliphatic heterocycles. The van der Waals surface area contributed by atoms with Crippen LogP contribution < -0.4 is 0 Å². The van der Waals surface area contributed by atoms with Gasteiger partial charge < -0.3 is 19.3 Å². The molecule has 4 unspecified atom stereocenters. The van der Waals surface area contributed by atoms with Gasteiger partial charge in [-0.3, -0.25) is 9.59 Å². The molecule has 2 saturated heterocycles. The first kappa shape index (κ1) is 58.1. The lowest BCUT2D eigenvalue weighted by atomic mass is 9.84. The molecule has 6 heterocycles. The van der Waals surface area contributed by atoms with Crippen molar-refractivity contribution in [1.29, 1.82) is 0 Å². The molecule has 0 radical (unpaired) electrons. The highest BCUT2D eigenvalue weighted by molar-refractivity contribution is 5.98. The largest absolute Gasteiger partial charge is 0.416 e. The molecule has 6 aromatic rings. The highest BCUT2D eigenvalue weighted by Gasteiger charge is 2.50. The van der Waals surface area contributed by atoms with E-state index in [1.54, 1.807) is 17.3 Å². The minimum Gasteiger partial charge on any atom is -0.368 e. The fourth-order valence-corrected chi connectivity index (χ4v) is 10.8. The maximum Gasteiger partial charge on any atom is 0.416 e. The number of ether oxygens (including phenoxy) is 2. The molecule has 0 N–H and O–H groups in total. The zero-order valence-electron chi connectivity index (χ0n) is 42.2. The molecule has 0 saturated carbocycles. The molecule has 4 aliphatic rings. The van der Waals surface area contributed by atoms with Crippen LogP contribution in [0.2, 0.25) is 0 Å². The number of fused-ring (bicyclic) bond motifs is 2. The summed E-state index contributed by atoms with van der Waals surface area (Å²) >= 11 is 0. The zero-order chi connectivity index (χ0) is 58.5. The number of halogens is 15. The van der Waals surface area contributed by atoms with Crippen molar-refractivity contribution in [3.63, 3.8) is 0 Å². The summed E-state index contributed by atoms with van der Waals surface area (Å²) in [6.07, 6.45) is -14.9. The number of alkyl halides is 12. The molecular formula is C57H44F15N5O4. The summed E-state index contributed by atoms with van der Waals surface area (Å²) in [6, 6.07) is 15.2. The Kier molecular flexibility index (Phi) is 16.0. The highest BCUT2D eigenvalue weighted by Crippen LogP contribution is 2.48. The predicted octanol–water partition coefficient (Wildman–Crippen LogP) is 13.9. The number of amides is 2. The number of aromatic nitrogens is 3. The normalized spacial score (nSPS) is 22.1. The van der Waals surface area contributed by atoms with Crippen LogP contribution >= 0.6 is 0 Å². The molecular weight excluding hydrogens is 1100 g/mol. The molecule has 2 amide bonds. The first-order valence-electron chi connectivity index (χ1n) is 24.8. The second-order valence-electron chi connectivity index (χ2n) is 19.8. The summed E-state index contributed by atoms with van der Waals surface area (Å²) in [5.41, 5.74) is -2.89. The maximum absolute atomic E-state index is 13.8. The van der Waals surface area contributed by atoms with Crippen molar-refractivity contribution in [3.8, 4) is 0 Å². The molecule has 4 aromatic carbocycles. The third-order valence-corrected chi connectivity index (χ3v) is 14.7. The van der Waals surface area contributed by atoms with Gasteiger partial charge in [-0.1, -0.05) is 24.3 Å². The number of nitrogens with zero attached hydrogens (tertiary/aromatic N) is 5. The minimum atomic E-state index is -5.02. The van der Waals surface area contributed by atoms with Gasteiger partial charge in [0.25, 0.3) is 0 Å². The van der Waals surface area contributed by atoms with Crippen molar-refractivity contribution < 1.29 is 84.9 Å². The van der Waals surface area contributed by atoms with E-state index < -0.39 is 119 Å². The standard InChI is InChI=1S/C29H22F8N2O2.C28H22F7N3O2/c1-15(18-8-20(28(32,33)34)12-21(9-18)29(35,36)37)41-24-14-39-23(27(24)16-2-5-22(30)6-3-16)10-19(11-26(39)40)17-4-7-25(31)38-13-17;1-15(17-6-20(27(30,31)32)10-21(7-17)28(33,34)35)40-24-13-38-23(26(24)16-2-4-22(29)5-3-16)8-18(9-25(38)39)19-11-36-14-37-12-19/h2-9,11-13,15,23-24,27H,10,14H2,1H3;2-7,9-12,14-15,23-24,26H,8,13H2,1H3/t15-,23?,24?,27+;15-,23?,24?,26+/m11/s1. The van der Waals surface area contributed by atoms with Crippen molar-refractivity contribution in [1.82, 2.24) is 24.8 Å². The van der Waals surface area contributed by atoms with Crippen LogP contribution in [-0.4, -0.2) is 73.9 Å². The summed E-state index contributed by atoms with van der Waals surface area (Å²) in [4.78, 5) is 41.0. The Balaban J connectivity index is 0.000000196. The fourth-order valence-electron chi connectivity index (χ4n) is 10.8. The topological polar surface area (TPSA) is 97.8 Å². The summed E-state index contributed by atoms with van der Waals surface area (Å²) in [5.74, 6) is -3.59. The molecule has 2 fully saturated rings. The molecule has 0 spiro atoms. The van der Waals surface area contributed by atoms with Crippen LogP contribution in [0.25, 0.3) is 11.1 Å². The smallest absolute Gasteiger partial charge is 0.368 e. The second kappa shape index (κ2) is 22.4. The number of carbonyl (C=O) groups excluding carboxylic acids is 2. The number of hydrogen-bond donors (Lipinski definition) is 0. The van der Waals surface area contributed by atoms with E-state index in [2.05, 4.69) is 15.0 Å². The quantitative estimate of drug-likeness (QED) is 0.0995. The first-order chi connectivity index (χ1) is 38.0. The van der Waals surface area contributed by atoms with Gasteiger partial charge in [-0.25, -0.2) is 23.7 Å². The lowest BCUT2D eigenvalue weighted by Crippen LogP contribution is -2.39. The molecule has 2 aromatic heterocycles.